The molecule has 1 amide bonds. The third-order valence-electron chi connectivity index (χ3n) is 1.78. The second kappa shape index (κ2) is 4.93. The first-order chi connectivity index (χ1) is 8.20. The van der Waals surface area contributed by atoms with Crippen LogP contribution in [0.25, 0.3) is 11.2 Å². The van der Waals surface area contributed by atoms with E-state index in [4.69, 9.17) is 16.7 Å². The number of halogens is 1. The third kappa shape index (κ3) is 2.60. The molecule has 8 nitrogen and oxygen atoms in total. The highest BCUT2D eigenvalue weighted by atomic mass is 35.5. The number of anilines is 1. The van der Waals surface area contributed by atoms with Gasteiger partial charge < -0.3 is 14.8 Å². The van der Waals surface area contributed by atoms with Gasteiger partial charge in [-0.15, -0.1) is 0 Å². The van der Waals surface area contributed by atoms with Crippen LogP contribution in [-0.4, -0.2) is 44.3 Å². The molecule has 17 heavy (non-hydrogen) atoms. The number of nitrogens with zero attached hydrogens (tertiary/aromatic N) is 3. The molecule has 0 aliphatic heterocycles. The monoisotopic (exact) mass is 257 g/mol. The average molecular weight is 258 g/mol. The first-order valence-corrected chi connectivity index (χ1v) is 5.00. The van der Waals surface area contributed by atoms with Gasteiger partial charge >= 0.3 is 6.09 Å². The summed E-state index contributed by atoms with van der Waals surface area (Å²) in [7, 11) is 0. The predicted molar refractivity (Wildman–Crippen MR) is 58.8 cm³/mol. The maximum atomic E-state index is 11.2. The summed E-state index contributed by atoms with van der Waals surface area (Å²) in [5.74, 6) is -0.0162. The molecule has 2 rings (SSSR count). The van der Waals surface area contributed by atoms with Crippen molar-refractivity contribution in [2.45, 2.75) is 0 Å². The van der Waals surface area contributed by atoms with Gasteiger partial charge in [0.05, 0.1) is 12.9 Å². The van der Waals surface area contributed by atoms with Crippen molar-refractivity contribution in [2.24, 2.45) is 0 Å². The van der Waals surface area contributed by atoms with E-state index in [-0.39, 0.29) is 24.3 Å². The smallest absolute Gasteiger partial charge is 0.414 e. The van der Waals surface area contributed by atoms with Gasteiger partial charge in [0.1, 0.15) is 12.1 Å². The molecule has 0 saturated heterocycles. The molecule has 0 radical (unpaired) electrons. The van der Waals surface area contributed by atoms with Crippen molar-refractivity contribution in [3.8, 4) is 0 Å². The van der Waals surface area contributed by atoms with E-state index >= 15 is 0 Å². The van der Waals surface area contributed by atoms with Crippen molar-refractivity contribution in [1.82, 2.24) is 19.9 Å². The maximum absolute atomic E-state index is 11.2. The number of aliphatic hydroxyl groups excluding tert-OH is 1. The van der Waals surface area contributed by atoms with E-state index < -0.39 is 6.09 Å². The van der Waals surface area contributed by atoms with Crippen molar-refractivity contribution in [2.75, 3.05) is 18.5 Å². The number of carbonyl (C=O) groups excluding carboxylic acids is 1. The molecule has 3 N–H and O–H groups in total. The highest BCUT2D eigenvalue weighted by Gasteiger charge is 2.10. The average Bonchev–Trinajstić information content (AvgIpc) is 2.75. The molecule has 0 atom stereocenters. The minimum Gasteiger partial charge on any atom is -0.447 e. The molecule has 0 bridgehead atoms. The van der Waals surface area contributed by atoms with Crippen LogP contribution in [0.1, 0.15) is 0 Å². The van der Waals surface area contributed by atoms with E-state index in [0.717, 1.165) is 0 Å². The Morgan fingerprint density at radius 1 is 1.59 bits per heavy atom. The summed E-state index contributed by atoms with van der Waals surface area (Å²) in [6.07, 6.45) is 0.643. The number of carbonyl (C=O) groups is 1. The van der Waals surface area contributed by atoms with E-state index in [2.05, 4.69) is 30.0 Å². The lowest BCUT2D eigenvalue weighted by molar-refractivity contribution is 0.131. The Labute approximate surface area is 100.0 Å². The number of H-pyrrole nitrogens is 1. The van der Waals surface area contributed by atoms with E-state index in [1.807, 2.05) is 0 Å². The lowest BCUT2D eigenvalue weighted by Crippen LogP contribution is -2.17. The van der Waals surface area contributed by atoms with Crippen LogP contribution in [0, 0.1) is 0 Å². The summed E-state index contributed by atoms with van der Waals surface area (Å²) in [5.41, 5.74) is 0.823. The number of imidazole rings is 1. The summed E-state index contributed by atoms with van der Waals surface area (Å²) in [6, 6.07) is 0. The number of aromatic nitrogens is 4. The molecule has 2 heterocycles. The zero-order valence-corrected chi connectivity index (χ0v) is 9.23. The van der Waals surface area contributed by atoms with Gasteiger partial charge in [0.15, 0.2) is 10.8 Å². The fourth-order valence-corrected chi connectivity index (χ4v) is 1.34. The molecule has 0 spiro atoms. The molecule has 0 saturated carbocycles. The molecule has 0 aliphatic carbocycles. The van der Waals surface area contributed by atoms with Gasteiger partial charge in [-0.25, -0.2) is 9.78 Å². The Kier molecular flexibility index (Phi) is 3.35. The molecule has 0 fully saturated rings. The van der Waals surface area contributed by atoms with Gasteiger partial charge in [0, 0.05) is 0 Å². The van der Waals surface area contributed by atoms with Crippen molar-refractivity contribution in [1.29, 1.82) is 0 Å². The van der Waals surface area contributed by atoms with Crippen LogP contribution >= 0.6 is 11.6 Å². The second-order valence-corrected chi connectivity index (χ2v) is 3.28. The lowest BCUT2D eigenvalue weighted by atomic mass is 10.5. The number of nitrogens with one attached hydrogen (secondary N) is 2. The minimum absolute atomic E-state index is 0.0162. The zero-order valence-electron chi connectivity index (χ0n) is 8.47. The summed E-state index contributed by atoms with van der Waals surface area (Å²) < 4.78 is 4.58. The van der Waals surface area contributed by atoms with Gasteiger partial charge in [0.25, 0.3) is 0 Å². The number of aliphatic hydroxyl groups is 1. The molecule has 0 aromatic carbocycles. The highest BCUT2D eigenvalue weighted by Crippen LogP contribution is 2.18. The Morgan fingerprint density at radius 2 is 2.41 bits per heavy atom. The Morgan fingerprint density at radius 3 is 3.18 bits per heavy atom. The predicted octanol–water partition coefficient (Wildman–Crippen LogP) is 0.547. The number of ether oxygens (including phenoxy) is 1. The molecule has 0 aliphatic rings. The SMILES string of the molecule is O=C(Nc1nc(Cl)c2[nH]cnc2n1)OCCO. The highest BCUT2D eigenvalue weighted by molar-refractivity contribution is 6.33. The Balaban J connectivity index is 2.16. The fraction of sp³-hybridized carbons (Fsp3) is 0.250. The first kappa shape index (κ1) is 11.6. The van der Waals surface area contributed by atoms with Crippen LogP contribution in [0.2, 0.25) is 5.15 Å². The van der Waals surface area contributed by atoms with Gasteiger partial charge in [-0.1, -0.05) is 11.6 Å². The Hall–Kier alpha value is -1.93. The Bertz CT molecular complexity index is 543. The molecule has 2 aromatic heterocycles. The van der Waals surface area contributed by atoms with Crippen LogP contribution in [0.3, 0.4) is 0 Å². The minimum atomic E-state index is -0.773. The fourth-order valence-electron chi connectivity index (χ4n) is 1.12. The molecule has 2 aromatic rings. The van der Waals surface area contributed by atoms with E-state index in [0.29, 0.717) is 11.2 Å². The van der Waals surface area contributed by atoms with Crippen molar-refractivity contribution in [3.63, 3.8) is 0 Å². The molecule has 90 valence electrons. The lowest BCUT2D eigenvalue weighted by Gasteiger charge is -2.04. The van der Waals surface area contributed by atoms with Crippen molar-refractivity contribution < 1.29 is 14.6 Å². The van der Waals surface area contributed by atoms with Crippen LogP contribution in [0.15, 0.2) is 6.33 Å². The van der Waals surface area contributed by atoms with Gasteiger partial charge in [-0.3, -0.25) is 5.32 Å². The third-order valence-corrected chi connectivity index (χ3v) is 2.05. The molecular weight excluding hydrogens is 250 g/mol. The van der Waals surface area contributed by atoms with Crippen LogP contribution in [0.4, 0.5) is 10.7 Å². The van der Waals surface area contributed by atoms with Gasteiger partial charge in [-0.05, 0) is 0 Å². The quantitative estimate of drug-likeness (QED) is 0.692. The molecule has 9 heteroatoms. The van der Waals surface area contributed by atoms with Crippen LogP contribution in [0.5, 0.6) is 0 Å². The number of hydrogen-bond acceptors (Lipinski definition) is 6. The van der Waals surface area contributed by atoms with Crippen LogP contribution < -0.4 is 5.32 Å². The maximum Gasteiger partial charge on any atom is 0.414 e. The first-order valence-electron chi connectivity index (χ1n) is 4.62. The largest absolute Gasteiger partial charge is 0.447 e. The van der Waals surface area contributed by atoms with Gasteiger partial charge in [-0.2, -0.15) is 9.97 Å². The van der Waals surface area contributed by atoms with E-state index in [1.54, 1.807) is 0 Å². The number of hydrogen-bond donors (Lipinski definition) is 3. The normalized spacial score (nSPS) is 10.5. The second-order valence-electron chi connectivity index (χ2n) is 2.92. The standard InChI is InChI=1S/C8H8ClN5O3/c9-5-4-6(11-3-10-4)13-7(12-5)14-8(16)17-2-1-15/h3,15H,1-2H2,(H2,10,11,12,13,14,16). The summed E-state index contributed by atoms with van der Waals surface area (Å²) >= 11 is 5.84. The summed E-state index contributed by atoms with van der Waals surface area (Å²) in [6.45, 7) is -0.363. The summed E-state index contributed by atoms with van der Waals surface area (Å²) in [5, 5.41) is 10.9. The van der Waals surface area contributed by atoms with E-state index in [1.165, 1.54) is 6.33 Å². The number of fused-ring (bicyclic) bond motifs is 1. The van der Waals surface area contributed by atoms with Crippen molar-refractivity contribution >= 4 is 34.8 Å². The zero-order chi connectivity index (χ0) is 12.3. The number of amides is 1. The number of rotatable bonds is 3. The van der Waals surface area contributed by atoms with Crippen LogP contribution in [-0.2, 0) is 4.74 Å². The van der Waals surface area contributed by atoms with E-state index in [9.17, 15) is 4.79 Å². The topological polar surface area (TPSA) is 113 Å². The molecule has 0 unspecified atom stereocenters. The number of aromatic amines is 1. The summed E-state index contributed by atoms with van der Waals surface area (Å²) in [4.78, 5) is 25.6. The molecular formula is C8H8ClN5O3. The van der Waals surface area contributed by atoms with Gasteiger partial charge in [0.2, 0.25) is 5.95 Å². The van der Waals surface area contributed by atoms with Crippen molar-refractivity contribution in [3.05, 3.63) is 11.5 Å².